The highest BCUT2D eigenvalue weighted by Crippen LogP contribution is 2.28. The van der Waals surface area contributed by atoms with Crippen LogP contribution in [0.15, 0.2) is 47.2 Å². The SMILES string of the molecule is CN1CCN(S(=O)(=O)C2C=C(COCC(=O)c3ccccn3)C(Cl)=CC2)CC1. The molecule has 1 aliphatic carbocycles. The van der Waals surface area contributed by atoms with E-state index in [1.54, 1.807) is 40.9 Å². The van der Waals surface area contributed by atoms with E-state index < -0.39 is 15.3 Å². The number of allylic oxidation sites excluding steroid dienone is 1. The Labute approximate surface area is 170 Å². The van der Waals surface area contributed by atoms with Crippen LogP contribution in [0.1, 0.15) is 16.9 Å². The van der Waals surface area contributed by atoms with Crippen molar-refractivity contribution in [3.05, 3.63) is 52.8 Å². The minimum absolute atomic E-state index is 0.0721. The van der Waals surface area contributed by atoms with Gasteiger partial charge in [-0.2, -0.15) is 4.31 Å². The van der Waals surface area contributed by atoms with Gasteiger partial charge in [-0.15, -0.1) is 0 Å². The number of rotatable bonds is 7. The highest BCUT2D eigenvalue weighted by molar-refractivity contribution is 7.89. The predicted octanol–water partition coefficient (Wildman–Crippen LogP) is 1.68. The number of hydrogen-bond donors (Lipinski definition) is 0. The summed E-state index contributed by atoms with van der Waals surface area (Å²) in [4.78, 5) is 18.2. The third kappa shape index (κ3) is 5.07. The van der Waals surface area contributed by atoms with E-state index in [0.717, 1.165) is 13.1 Å². The van der Waals surface area contributed by atoms with Gasteiger partial charge in [0, 0.05) is 37.4 Å². The molecule has 28 heavy (non-hydrogen) atoms. The number of piperazine rings is 1. The van der Waals surface area contributed by atoms with E-state index in [1.165, 1.54) is 0 Å². The monoisotopic (exact) mass is 425 g/mol. The summed E-state index contributed by atoms with van der Waals surface area (Å²) in [5.41, 5.74) is 0.918. The molecule has 0 spiro atoms. The maximum absolute atomic E-state index is 13.0. The molecule has 0 bridgehead atoms. The number of nitrogens with zero attached hydrogens (tertiary/aromatic N) is 3. The molecule has 0 saturated carbocycles. The lowest BCUT2D eigenvalue weighted by Gasteiger charge is -2.34. The normalized spacial score (nSPS) is 21.9. The van der Waals surface area contributed by atoms with Crippen LogP contribution >= 0.6 is 11.6 Å². The van der Waals surface area contributed by atoms with Gasteiger partial charge in [-0.1, -0.05) is 29.8 Å². The lowest BCUT2D eigenvalue weighted by Crippen LogP contribution is -2.49. The van der Waals surface area contributed by atoms with Gasteiger partial charge in [-0.3, -0.25) is 9.78 Å². The molecule has 152 valence electrons. The Morgan fingerprint density at radius 3 is 2.71 bits per heavy atom. The van der Waals surface area contributed by atoms with Crippen molar-refractivity contribution in [1.82, 2.24) is 14.2 Å². The van der Waals surface area contributed by atoms with Crippen LogP contribution in [0.5, 0.6) is 0 Å². The fourth-order valence-electron chi connectivity index (χ4n) is 3.14. The standard InChI is InChI=1S/C19H24ClN3O4S/c1-22-8-10-23(11-9-22)28(25,26)16-5-6-17(20)15(12-16)13-27-14-19(24)18-4-2-3-7-21-18/h2-4,6-7,12,16H,5,8-11,13-14H2,1H3. The molecule has 0 amide bonds. The van der Waals surface area contributed by atoms with Crippen molar-refractivity contribution in [1.29, 1.82) is 0 Å². The van der Waals surface area contributed by atoms with E-state index in [9.17, 15) is 13.2 Å². The van der Waals surface area contributed by atoms with Crippen LogP contribution in [0.25, 0.3) is 0 Å². The smallest absolute Gasteiger partial charge is 0.220 e. The number of ether oxygens (including phenoxy) is 1. The molecule has 2 heterocycles. The molecule has 1 aliphatic heterocycles. The molecular weight excluding hydrogens is 402 g/mol. The minimum Gasteiger partial charge on any atom is -0.369 e. The Hall–Kier alpha value is -1.58. The van der Waals surface area contributed by atoms with Crippen molar-refractivity contribution in [3.63, 3.8) is 0 Å². The molecule has 9 heteroatoms. The Kier molecular flexibility index (Phi) is 7.00. The molecule has 2 aliphatic rings. The highest BCUT2D eigenvalue weighted by Gasteiger charge is 2.33. The van der Waals surface area contributed by atoms with Crippen molar-refractivity contribution in [2.24, 2.45) is 0 Å². The number of likely N-dealkylation sites (N-methyl/N-ethyl adjacent to an activating group) is 1. The molecule has 0 N–H and O–H groups in total. The number of pyridine rings is 1. The first kappa shape index (κ1) is 21.1. The summed E-state index contributed by atoms with van der Waals surface area (Å²) in [5, 5.41) is -0.196. The second-order valence-corrected chi connectivity index (χ2v) is 9.46. The molecule has 0 aromatic carbocycles. The molecular formula is C19H24ClN3O4S. The maximum atomic E-state index is 13.0. The average Bonchev–Trinajstić information content (AvgIpc) is 2.70. The van der Waals surface area contributed by atoms with Gasteiger partial charge in [0.15, 0.2) is 0 Å². The molecule has 7 nitrogen and oxygen atoms in total. The van der Waals surface area contributed by atoms with Crippen LogP contribution in [0.2, 0.25) is 0 Å². The molecule has 1 aromatic heterocycles. The minimum atomic E-state index is -3.45. The van der Waals surface area contributed by atoms with Gasteiger partial charge >= 0.3 is 0 Å². The number of Topliss-reactive ketones (excluding diaryl/α,β-unsaturated/α-hetero) is 1. The summed E-state index contributed by atoms with van der Waals surface area (Å²) in [6.07, 6.45) is 5.24. The molecule has 1 atom stereocenters. The van der Waals surface area contributed by atoms with Crippen LogP contribution < -0.4 is 0 Å². The van der Waals surface area contributed by atoms with E-state index in [4.69, 9.17) is 16.3 Å². The van der Waals surface area contributed by atoms with Gasteiger partial charge in [0.1, 0.15) is 12.3 Å². The molecule has 3 rings (SSSR count). The number of carbonyl (C=O) groups excluding carboxylic acids is 1. The third-order valence-electron chi connectivity index (χ3n) is 4.87. The molecule has 0 radical (unpaired) electrons. The van der Waals surface area contributed by atoms with Crippen LogP contribution in [0.3, 0.4) is 0 Å². The van der Waals surface area contributed by atoms with Crippen molar-refractivity contribution >= 4 is 27.4 Å². The van der Waals surface area contributed by atoms with Crippen molar-refractivity contribution in [3.8, 4) is 0 Å². The van der Waals surface area contributed by atoms with Gasteiger partial charge in [0.05, 0.1) is 11.9 Å². The molecule has 1 unspecified atom stereocenters. The number of hydrogen-bond acceptors (Lipinski definition) is 6. The van der Waals surface area contributed by atoms with E-state index in [2.05, 4.69) is 9.88 Å². The fraction of sp³-hybridized carbons (Fsp3) is 0.474. The summed E-state index contributed by atoms with van der Waals surface area (Å²) >= 11 is 6.24. The largest absolute Gasteiger partial charge is 0.369 e. The predicted molar refractivity (Wildman–Crippen MR) is 108 cm³/mol. The summed E-state index contributed by atoms with van der Waals surface area (Å²) < 4.78 is 32.9. The number of aromatic nitrogens is 1. The van der Waals surface area contributed by atoms with Gasteiger partial charge in [-0.05, 0) is 31.2 Å². The number of ketones is 1. The lowest BCUT2D eigenvalue weighted by molar-refractivity contribution is 0.0794. The summed E-state index contributed by atoms with van der Waals surface area (Å²) in [6, 6.07) is 5.09. The fourth-order valence-corrected chi connectivity index (χ4v) is 5.07. The van der Waals surface area contributed by atoms with E-state index in [-0.39, 0.29) is 19.0 Å². The summed E-state index contributed by atoms with van der Waals surface area (Å²) in [5.74, 6) is -0.237. The number of sulfonamides is 1. The van der Waals surface area contributed by atoms with Crippen LogP contribution in [0, 0.1) is 0 Å². The first-order chi connectivity index (χ1) is 13.4. The van der Waals surface area contributed by atoms with Gasteiger partial charge < -0.3 is 9.64 Å². The zero-order valence-electron chi connectivity index (χ0n) is 15.8. The maximum Gasteiger partial charge on any atom is 0.220 e. The van der Waals surface area contributed by atoms with Crippen molar-refractivity contribution < 1.29 is 17.9 Å². The van der Waals surface area contributed by atoms with Crippen molar-refractivity contribution in [2.45, 2.75) is 11.7 Å². The Balaban J connectivity index is 1.61. The number of carbonyl (C=O) groups is 1. The van der Waals surface area contributed by atoms with E-state index >= 15 is 0 Å². The van der Waals surface area contributed by atoms with Crippen LogP contribution in [0.4, 0.5) is 0 Å². The summed E-state index contributed by atoms with van der Waals surface area (Å²) in [7, 11) is -1.47. The van der Waals surface area contributed by atoms with Crippen LogP contribution in [-0.4, -0.2) is 80.1 Å². The lowest BCUT2D eigenvalue weighted by atomic mass is 10.1. The Morgan fingerprint density at radius 1 is 1.29 bits per heavy atom. The zero-order chi connectivity index (χ0) is 20.1. The van der Waals surface area contributed by atoms with Crippen LogP contribution in [-0.2, 0) is 14.8 Å². The first-order valence-corrected chi connectivity index (χ1v) is 11.0. The quantitative estimate of drug-likeness (QED) is 0.618. The topological polar surface area (TPSA) is 79.8 Å². The molecule has 1 aromatic rings. The Morgan fingerprint density at radius 2 is 2.04 bits per heavy atom. The van der Waals surface area contributed by atoms with Crippen molar-refractivity contribution in [2.75, 3.05) is 46.4 Å². The first-order valence-electron chi connectivity index (χ1n) is 9.14. The highest BCUT2D eigenvalue weighted by atomic mass is 35.5. The second kappa shape index (κ2) is 9.28. The van der Waals surface area contributed by atoms with Gasteiger partial charge in [0.2, 0.25) is 15.8 Å². The average molecular weight is 426 g/mol. The summed E-state index contributed by atoms with van der Waals surface area (Å²) in [6.45, 7) is 2.35. The number of halogens is 1. The van der Waals surface area contributed by atoms with E-state index in [1.807, 2.05) is 7.05 Å². The second-order valence-electron chi connectivity index (χ2n) is 6.90. The van der Waals surface area contributed by atoms with Gasteiger partial charge in [0.25, 0.3) is 0 Å². The van der Waals surface area contributed by atoms with Gasteiger partial charge in [-0.25, -0.2) is 8.42 Å². The molecule has 1 saturated heterocycles. The molecule has 1 fully saturated rings. The zero-order valence-corrected chi connectivity index (χ0v) is 17.3. The van der Waals surface area contributed by atoms with E-state index in [0.29, 0.717) is 35.8 Å². The Bertz CT molecular complexity index is 862. The third-order valence-corrected chi connectivity index (χ3v) is 7.44.